The topological polar surface area (TPSA) is 93.1 Å². The number of nitrogens with zero attached hydrogens (tertiary/aromatic N) is 6. The molecule has 0 aliphatic rings. The molecule has 0 spiro atoms. The Morgan fingerprint density at radius 2 is 1.61 bits per heavy atom. The van der Waals surface area contributed by atoms with Gasteiger partial charge in [-0.2, -0.15) is 0 Å². The first kappa shape index (κ1) is 16.1. The molecule has 0 saturated heterocycles. The third-order valence-electron chi connectivity index (χ3n) is 4.30. The maximum Gasteiger partial charge on any atom is 0.178 e. The van der Waals surface area contributed by atoms with Crippen LogP contribution in [0.1, 0.15) is 0 Å². The molecule has 5 heterocycles. The molecule has 28 heavy (non-hydrogen) atoms. The van der Waals surface area contributed by atoms with E-state index in [-0.39, 0.29) is 0 Å². The summed E-state index contributed by atoms with van der Waals surface area (Å²) in [6.07, 6.45) is 10.9. The van der Waals surface area contributed by atoms with Gasteiger partial charge in [-0.25, -0.2) is 24.3 Å². The zero-order valence-electron chi connectivity index (χ0n) is 14.4. The van der Waals surface area contributed by atoms with Crippen LogP contribution in [0.2, 0.25) is 0 Å². The standard InChI is InChI=1S/C20H12FN7/c21-16-10-23-5-3-14(16)15-6-17-20(27-18(15)12-2-1-4-22-7-12)28-19(26-17)13-8-24-11-25-9-13/h1-11H,(H,26,27,28). The fraction of sp³-hybridized carbons (Fsp3) is 0. The Morgan fingerprint density at radius 1 is 0.786 bits per heavy atom. The second-order valence-corrected chi connectivity index (χ2v) is 6.07. The minimum atomic E-state index is -0.426. The highest BCUT2D eigenvalue weighted by Gasteiger charge is 2.17. The van der Waals surface area contributed by atoms with Crippen LogP contribution in [0.3, 0.4) is 0 Å². The van der Waals surface area contributed by atoms with E-state index in [0.717, 1.165) is 11.1 Å². The fourth-order valence-corrected chi connectivity index (χ4v) is 3.02. The molecule has 8 heteroatoms. The van der Waals surface area contributed by atoms with Crippen LogP contribution in [0, 0.1) is 5.82 Å². The predicted octanol–water partition coefficient (Wildman–Crippen LogP) is 3.68. The highest BCUT2D eigenvalue weighted by molar-refractivity contribution is 5.89. The third kappa shape index (κ3) is 2.77. The van der Waals surface area contributed by atoms with Crippen LogP contribution in [0.15, 0.2) is 67.8 Å². The molecule has 0 saturated carbocycles. The number of aromatic nitrogens is 7. The summed E-state index contributed by atoms with van der Waals surface area (Å²) in [5, 5.41) is 0. The molecule has 7 nitrogen and oxygen atoms in total. The molecule has 5 aromatic heterocycles. The van der Waals surface area contributed by atoms with Gasteiger partial charge in [0.1, 0.15) is 18.0 Å². The number of aromatic amines is 1. The summed E-state index contributed by atoms with van der Waals surface area (Å²) < 4.78 is 14.5. The lowest BCUT2D eigenvalue weighted by Crippen LogP contribution is -1.94. The van der Waals surface area contributed by atoms with E-state index in [2.05, 4.69) is 29.9 Å². The molecular formula is C20H12FN7. The van der Waals surface area contributed by atoms with Crippen LogP contribution in [-0.4, -0.2) is 34.9 Å². The van der Waals surface area contributed by atoms with Crippen LogP contribution in [0.5, 0.6) is 0 Å². The normalized spacial score (nSPS) is 11.0. The van der Waals surface area contributed by atoms with Crippen molar-refractivity contribution in [1.82, 2.24) is 34.9 Å². The average Bonchev–Trinajstić information content (AvgIpc) is 3.18. The molecule has 0 amide bonds. The van der Waals surface area contributed by atoms with Gasteiger partial charge in [-0.3, -0.25) is 9.97 Å². The smallest absolute Gasteiger partial charge is 0.178 e. The first-order chi connectivity index (χ1) is 13.8. The van der Waals surface area contributed by atoms with Crippen molar-refractivity contribution in [1.29, 1.82) is 0 Å². The van der Waals surface area contributed by atoms with Crippen molar-refractivity contribution in [2.24, 2.45) is 0 Å². The largest absolute Gasteiger partial charge is 0.336 e. The summed E-state index contributed by atoms with van der Waals surface area (Å²) >= 11 is 0. The van der Waals surface area contributed by atoms with E-state index >= 15 is 0 Å². The minimum Gasteiger partial charge on any atom is -0.336 e. The highest BCUT2D eigenvalue weighted by atomic mass is 19.1. The fourth-order valence-electron chi connectivity index (χ4n) is 3.02. The van der Waals surface area contributed by atoms with Crippen molar-refractivity contribution < 1.29 is 4.39 Å². The number of hydrogen-bond acceptors (Lipinski definition) is 6. The molecule has 0 aliphatic heterocycles. The number of nitrogens with one attached hydrogen (secondary N) is 1. The van der Waals surface area contributed by atoms with Crippen molar-refractivity contribution in [2.75, 3.05) is 0 Å². The van der Waals surface area contributed by atoms with Gasteiger partial charge in [0.15, 0.2) is 5.65 Å². The Kier molecular flexibility index (Phi) is 3.79. The summed E-state index contributed by atoms with van der Waals surface area (Å²) in [5.74, 6) is 0.164. The van der Waals surface area contributed by atoms with Crippen LogP contribution >= 0.6 is 0 Å². The van der Waals surface area contributed by atoms with Gasteiger partial charge in [0.2, 0.25) is 0 Å². The van der Waals surface area contributed by atoms with Crippen molar-refractivity contribution in [2.45, 2.75) is 0 Å². The highest BCUT2D eigenvalue weighted by Crippen LogP contribution is 2.34. The molecule has 5 rings (SSSR count). The van der Waals surface area contributed by atoms with Gasteiger partial charge in [0.05, 0.1) is 23.0 Å². The summed E-state index contributed by atoms with van der Waals surface area (Å²) in [6, 6.07) is 7.15. The average molecular weight is 369 g/mol. The lowest BCUT2D eigenvalue weighted by atomic mass is 10.0. The summed E-state index contributed by atoms with van der Waals surface area (Å²) in [4.78, 5) is 28.5. The number of hydrogen-bond donors (Lipinski definition) is 1. The lowest BCUT2D eigenvalue weighted by Gasteiger charge is -2.09. The molecule has 134 valence electrons. The van der Waals surface area contributed by atoms with Crippen LogP contribution in [0.25, 0.3) is 44.9 Å². The Hall–Kier alpha value is -4.07. The molecule has 0 aliphatic carbocycles. The molecule has 5 aromatic rings. The molecule has 0 aromatic carbocycles. The number of pyridine rings is 3. The van der Waals surface area contributed by atoms with Crippen LogP contribution < -0.4 is 0 Å². The third-order valence-corrected chi connectivity index (χ3v) is 4.30. The summed E-state index contributed by atoms with van der Waals surface area (Å²) in [6.45, 7) is 0. The molecule has 0 bridgehead atoms. The van der Waals surface area contributed by atoms with E-state index in [4.69, 9.17) is 4.98 Å². The van der Waals surface area contributed by atoms with Crippen molar-refractivity contribution >= 4 is 11.2 Å². The van der Waals surface area contributed by atoms with Gasteiger partial charge in [0, 0.05) is 47.7 Å². The van der Waals surface area contributed by atoms with Crippen molar-refractivity contribution in [3.8, 4) is 33.8 Å². The minimum absolute atomic E-state index is 0.405. The van der Waals surface area contributed by atoms with Gasteiger partial charge in [-0.15, -0.1) is 0 Å². The summed E-state index contributed by atoms with van der Waals surface area (Å²) in [7, 11) is 0. The molecule has 0 unspecified atom stereocenters. The summed E-state index contributed by atoms with van der Waals surface area (Å²) in [5.41, 5.74) is 4.31. The Balaban J connectivity index is 1.78. The van der Waals surface area contributed by atoms with E-state index in [0.29, 0.717) is 33.8 Å². The molecule has 1 N–H and O–H groups in total. The quantitative estimate of drug-likeness (QED) is 0.521. The predicted molar refractivity (Wildman–Crippen MR) is 101 cm³/mol. The van der Waals surface area contributed by atoms with Crippen molar-refractivity contribution in [3.05, 3.63) is 73.6 Å². The van der Waals surface area contributed by atoms with Crippen molar-refractivity contribution in [3.63, 3.8) is 0 Å². The number of fused-ring (bicyclic) bond motifs is 1. The molecule has 0 fully saturated rings. The van der Waals surface area contributed by atoms with Crippen LogP contribution in [-0.2, 0) is 0 Å². The SMILES string of the molecule is Fc1cnccc1-c1cc2[nH]c(-c3cncnc3)nc2nc1-c1cccnc1. The van der Waals surface area contributed by atoms with Gasteiger partial charge in [-0.1, -0.05) is 0 Å². The number of imidazole rings is 1. The van der Waals surface area contributed by atoms with Gasteiger partial charge < -0.3 is 4.98 Å². The van der Waals surface area contributed by atoms with E-state index in [1.165, 1.54) is 12.5 Å². The lowest BCUT2D eigenvalue weighted by molar-refractivity contribution is 0.625. The van der Waals surface area contributed by atoms with Crippen LogP contribution in [0.4, 0.5) is 4.39 Å². The van der Waals surface area contributed by atoms with Gasteiger partial charge in [0.25, 0.3) is 0 Å². The Morgan fingerprint density at radius 3 is 2.39 bits per heavy atom. The number of rotatable bonds is 3. The van der Waals surface area contributed by atoms with E-state index in [9.17, 15) is 4.39 Å². The second kappa shape index (κ2) is 6.58. The van der Waals surface area contributed by atoms with E-state index in [1.807, 2.05) is 18.2 Å². The number of halogens is 1. The monoisotopic (exact) mass is 369 g/mol. The van der Waals surface area contributed by atoms with Gasteiger partial charge >= 0.3 is 0 Å². The zero-order chi connectivity index (χ0) is 18.9. The first-order valence-electron chi connectivity index (χ1n) is 8.46. The van der Waals surface area contributed by atoms with E-state index in [1.54, 1.807) is 37.1 Å². The first-order valence-corrected chi connectivity index (χ1v) is 8.46. The maximum absolute atomic E-state index is 14.5. The Labute approximate surface area is 158 Å². The molecular weight excluding hydrogens is 357 g/mol. The second-order valence-electron chi connectivity index (χ2n) is 6.07. The zero-order valence-corrected chi connectivity index (χ0v) is 14.4. The van der Waals surface area contributed by atoms with E-state index < -0.39 is 5.82 Å². The number of H-pyrrole nitrogens is 1. The molecule has 0 radical (unpaired) electrons. The maximum atomic E-state index is 14.5. The Bertz CT molecular complexity index is 1270. The molecule has 0 atom stereocenters. The van der Waals surface area contributed by atoms with Gasteiger partial charge in [-0.05, 0) is 24.3 Å².